The van der Waals surface area contributed by atoms with E-state index in [1.165, 1.54) is 7.05 Å². The van der Waals surface area contributed by atoms with Crippen molar-refractivity contribution in [3.63, 3.8) is 0 Å². The molecule has 2 aromatic carbocycles. The van der Waals surface area contributed by atoms with Crippen LogP contribution in [0.5, 0.6) is 0 Å². The summed E-state index contributed by atoms with van der Waals surface area (Å²) in [5.41, 5.74) is -2.46. The minimum atomic E-state index is -5.02. The van der Waals surface area contributed by atoms with E-state index in [0.29, 0.717) is 12.1 Å². The Morgan fingerprint density at radius 2 is 1.79 bits per heavy atom. The van der Waals surface area contributed by atoms with Crippen molar-refractivity contribution >= 4 is 29.1 Å². The van der Waals surface area contributed by atoms with Crippen LogP contribution in [-0.2, 0) is 15.8 Å². The van der Waals surface area contributed by atoms with E-state index in [-0.39, 0.29) is 5.56 Å². The lowest BCUT2D eigenvalue weighted by molar-refractivity contribution is -0.155. The smallest absolute Gasteiger partial charge is 0.334 e. The number of amides is 2. The molecule has 2 aromatic rings. The fourth-order valence-electron chi connectivity index (χ4n) is 3.11. The Bertz CT molecular complexity index is 1010. The molecule has 4 nitrogen and oxygen atoms in total. The monoisotopic (exact) mass is 436 g/mol. The van der Waals surface area contributed by atoms with E-state index in [0.717, 1.165) is 29.2 Å². The third-order valence-corrected chi connectivity index (χ3v) is 5.08. The lowest BCUT2D eigenvalue weighted by atomic mass is 9.80. The van der Waals surface area contributed by atoms with E-state index in [1.54, 1.807) is 0 Å². The van der Waals surface area contributed by atoms with E-state index < -0.39 is 57.6 Å². The van der Waals surface area contributed by atoms with Gasteiger partial charge in [0.15, 0.2) is 11.6 Å². The van der Waals surface area contributed by atoms with Gasteiger partial charge in [0, 0.05) is 7.05 Å². The minimum absolute atomic E-state index is 0.259. The normalized spacial score (nSPS) is 21.7. The molecule has 0 bridgehead atoms. The first kappa shape index (κ1) is 21.0. The molecule has 0 saturated carbocycles. The number of nitrogens with zero attached hydrogens (tertiary/aromatic N) is 1. The fourth-order valence-corrected chi connectivity index (χ4v) is 3.56. The molecule has 0 radical (unpaired) electrons. The maximum Gasteiger partial charge on any atom is 0.419 e. The van der Waals surface area contributed by atoms with E-state index in [1.807, 2.05) is 5.32 Å². The van der Waals surface area contributed by atoms with E-state index >= 15 is 0 Å². The molecular weight excluding hydrogens is 426 g/mol. The van der Waals surface area contributed by atoms with E-state index in [2.05, 4.69) is 0 Å². The van der Waals surface area contributed by atoms with Crippen LogP contribution in [-0.4, -0.2) is 28.6 Å². The molecule has 3 rings (SSSR count). The molecule has 1 aliphatic rings. The Labute approximate surface area is 165 Å². The molecule has 2 atom stereocenters. The standard InChI is InChI=1S/C18H11ClF6N2O2/c1-27-14(8-5-6-10(20)9(7-8)18(23,24)25)17(19,16(27)29)15(28)26-12-4-2-3-11(21)13(12)22/h2-7,14H,1H3,(H,26,28). The van der Waals surface area contributed by atoms with Crippen LogP contribution in [0.2, 0.25) is 0 Å². The molecule has 29 heavy (non-hydrogen) atoms. The van der Waals surface area contributed by atoms with E-state index in [4.69, 9.17) is 11.6 Å². The van der Waals surface area contributed by atoms with Gasteiger partial charge in [-0.15, -0.1) is 0 Å². The Morgan fingerprint density at radius 3 is 2.41 bits per heavy atom. The first-order valence-electron chi connectivity index (χ1n) is 7.97. The number of carbonyl (C=O) groups is 2. The molecule has 11 heteroatoms. The summed E-state index contributed by atoms with van der Waals surface area (Å²) >= 11 is 6.16. The lowest BCUT2D eigenvalue weighted by Crippen LogP contribution is -2.68. The molecule has 1 fully saturated rings. The van der Waals surface area contributed by atoms with Crippen molar-refractivity contribution in [2.45, 2.75) is 17.1 Å². The SMILES string of the molecule is CN1C(=O)C(Cl)(C(=O)Nc2cccc(F)c2F)C1c1ccc(F)c(C(F)(F)F)c1. The molecule has 0 aliphatic carbocycles. The summed E-state index contributed by atoms with van der Waals surface area (Å²) in [5, 5.41) is 1.97. The lowest BCUT2D eigenvalue weighted by Gasteiger charge is -2.49. The van der Waals surface area contributed by atoms with Gasteiger partial charge in [0.1, 0.15) is 5.82 Å². The van der Waals surface area contributed by atoms with Crippen molar-refractivity contribution in [2.75, 3.05) is 12.4 Å². The number of β-lactam (4-membered cyclic amide) rings is 1. The third kappa shape index (κ3) is 3.31. The number of alkyl halides is 4. The summed E-state index contributed by atoms with van der Waals surface area (Å²) in [6, 6.07) is 3.42. The first-order valence-corrected chi connectivity index (χ1v) is 8.35. The Kier molecular flexibility index (Phi) is 5.02. The van der Waals surface area contributed by atoms with Crippen LogP contribution in [0.1, 0.15) is 17.2 Å². The molecule has 1 heterocycles. The predicted molar refractivity (Wildman–Crippen MR) is 90.5 cm³/mol. The fraction of sp³-hybridized carbons (Fsp3) is 0.222. The number of halogens is 7. The van der Waals surface area contributed by atoms with Crippen molar-refractivity contribution in [3.05, 3.63) is 65.0 Å². The minimum Gasteiger partial charge on any atom is -0.334 e. The number of anilines is 1. The molecule has 0 aromatic heterocycles. The van der Waals surface area contributed by atoms with Crippen molar-refractivity contribution in [3.8, 4) is 0 Å². The number of rotatable bonds is 3. The molecule has 1 aliphatic heterocycles. The molecule has 2 amide bonds. The van der Waals surface area contributed by atoms with Crippen molar-refractivity contribution in [1.29, 1.82) is 0 Å². The largest absolute Gasteiger partial charge is 0.419 e. The van der Waals surface area contributed by atoms with Crippen molar-refractivity contribution in [1.82, 2.24) is 4.90 Å². The highest BCUT2D eigenvalue weighted by molar-refractivity contribution is 6.50. The maximum absolute atomic E-state index is 13.8. The highest BCUT2D eigenvalue weighted by atomic mass is 35.5. The van der Waals surface area contributed by atoms with Crippen LogP contribution in [0.15, 0.2) is 36.4 Å². The van der Waals surface area contributed by atoms with Gasteiger partial charge >= 0.3 is 6.18 Å². The second-order valence-corrected chi connectivity index (χ2v) is 6.92. The van der Waals surface area contributed by atoms with Gasteiger partial charge < -0.3 is 10.2 Å². The van der Waals surface area contributed by atoms with Gasteiger partial charge in [-0.2, -0.15) is 13.2 Å². The number of hydrogen-bond acceptors (Lipinski definition) is 2. The molecule has 1 N–H and O–H groups in total. The van der Waals surface area contributed by atoms with Gasteiger partial charge in [-0.05, 0) is 29.8 Å². The second-order valence-electron chi connectivity index (χ2n) is 6.32. The quantitative estimate of drug-likeness (QED) is 0.338. The van der Waals surface area contributed by atoms with E-state index in [9.17, 15) is 35.9 Å². The average molecular weight is 437 g/mol. The summed E-state index contributed by atoms with van der Waals surface area (Å²) < 4.78 is 79.7. The zero-order valence-electron chi connectivity index (χ0n) is 14.5. The van der Waals surface area contributed by atoms with Gasteiger partial charge in [-0.25, -0.2) is 13.2 Å². The van der Waals surface area contributed by atoms with Crippen LogP contribution < -0.4 is 5.32 Å². The van der Waals surface area contributed by atoms with Gasteiger partial charge in [-0.3, -0.25) is 9.59 Å². The van der Waals surface area contributed by atoms with Gasteiger partial charge in [0.2, 0.25) is 4.87 Å². The van der Waals surface area contributed by atoms with Gasteiger partial charge in [-0.1, -0.05) is 23.7 Å². The third-order valence-electron chi connectivity index (χ3n) is 4.54. The first-order chi connectivity index (χ1) is 13.4. The van der Waals surface area contributed by atoms with Crippen LogP contribution in [0.25, 0.3) is 0 Å². The van der Waals surface area contributed by atoms with Gasteiger partial charge in [0.05, 0.1) is 17.3 Å². The summed E-state index contributed by atoms with van der Waals surface area (Å²) in [4.78, 5) is 23.3. The molecule has 154 valence electrons. The number of nitrogens with one attached hydrogen (secondary N) is 1. The van der Waals surface area contributed by atoms with Crippen molar-refractivity contribution < 1.29 is 35.9 Å². The number of carbonyl (C=O) groups excluding carboxylic acids is 2. The molecule has 0 spiro atoms. The zero-order valence-corrected chi connectivity index (χ0v) is 15.2. The number of hydrogen-bond donors (Lipinski definition) is 1. The van der Waals surface area contributed by atoms with Crippen molar-refractivity contribution in [2.24, 2.45) is 0 Å². The highest BCUT2D eigenvalue weighted by Crippen LogP contribution is 2.48. The Balaban J connectivity index is 1.99. The van der Waals surface area contributed by atoms with Crippen LogP contribution in [0, 0.1) is 17.5 Å². The second kappa shape index (κ2) is 6.94. The van der Waals surface area contributed by atoms with Crippen LogP contribution in [0.4, 0.5) is 32.0 Å². The summed E-state index contributed by atoms with van der Waals surface area (Å²) in [5.74, 6) is -6.46. The maximum atomic E-state index is 13.8. The predicted octanol–water partition coefficient (Wildman–Crippen LogP) is 4.25. The van der Waals surface area contributed by atoms with Gasteiger partial charge in [0.25, 0.3) is 11.8 Å². The molecular formula is C18H11ClF6N2O2. The summed E-state index contributed by atoms with van der Waals surface area (Å²) in [7, 11) is 1.18. The number of benzene rings is 2. The van der Waals surface area contributed by atoms with Crippen LogP contribution in [0.3, 0.4) is 0 Å². The highest BCUT2D eigenvalue weighted by Gasteiger charge is 2.64. The summed E-state index contributed by atoms with van der Waals surface area (Å²) in [6.07, 6.45) is -5.02. The Morgan fingerprint density at radius 1 is 1.14 bits per heavy atom. The molecule has 2 unspecified atom stereocenters. The molecule has 1 saturated heterocycles. The Hall–Kier alpha value is -2.75. The zero-order chi connectivity index (χ0) is 21.7. The average Bonchev–Trinajstić information content (AvgIpc) is 2.65. The topological polar surface area (TPSA) is 49.4 Å². The number of likely N-dealkylation sites (tertiary alicyclic amines) is 1. The summed E-state index contributed by atoms with van der Waals surface area (Å²) in [6.45, 7) is 0. The van der Waals surface area contributed by atoms with Crippen LogP contribution >= 0.6 is 11.6 Å².